The molecule has 7 rings (SSSR count). The Bertz CT molecular complexity index is 2540. The third-order valence-electron chi connectivity index (χ3n) is 13.4. The van der Waals surface area contributed by atoms with Crippen LogP contribution in [0.3, 0.4) is 0 Å². The summed E-state index contributed by atoms with van der Waals surface area (Å²) in [6.45, 7) is 28.5. The van der Waals surface area contributed by atoms with Gasteiger partial charge in [-0.15, -0.1) is 0 Å². The zero-order valence-corrected chi connectivity index (χ0v) is 43.4. The summed E-state index contributed by atoms with van der Waals surface area (Å²) in [6, 6.07) is 25.9. The van der Waals surface area contributed by atoms with Gasteiger partial charge in [-0.25, -0.2) is 0 Å². The molecule has 0 radical (unpaired) electrons. The van der Waals surface area contributed by atoms with Crippen molar-refractivity contribution in [1.82, 2.24) is 9.13 Å². The number of ether oxygens (including phenoxy) is 2. The van der Waals surface area contributed by atoms with Crippen LogP contribution in [0.1, 0.15) is 161 Å². The second-order valence-electron chi connectivity index (χ2n) is 23.1. The largest absolute Gasteiger partial charge is 0.507 e. The Labute approximate surface area is 406 Å². The molecule has 1 aliphatic rings. The first-order valence-electron chi connectivity index (χ1n) is 24.4. The number of fused-ring (bicyclic) bond motifs is 8. The topological polar surface area (TPSA) is 93.5 Å². The third-order valence-corrected chi connectivity index (χ3v) is 13.4. The van der Waals surface area contributed by atoms with Crippen LogP contribution in [0.4, 0.5) is 0 Å². The van der Waals surface area contributed by atoms with E-state index in [4.69, 9.17) is 19.5 Å². The van der Waals surface area contributed by atoms with E-state index in [1.165, 1.54) is 0 Å². The lowest BCUT2D eigenvalue weighted by Gasteiger charge is -2.28. The minimum atomic E-state index is -0.203. The second-order valence-corrected chi connectivity index (χ2v) is 23.1. The van der Waals surface area contributed by atoms with E-state index in [9.17, 15) is 10.2 Å². The number of aromatic nitrogens is 2. The molecule has 6 aromatic rings. The normalized spacial score (nSPS) is 13.7. The predicted molar refractivity (Wildman–Crippen MR) is 282 cm³/mol. The van der Waals surface area contributed by atoms with E-state index in [0.29, 0.717) is 52.0 Å². The van der Waals surface area contributed by atoms with Crippen molar-refractivity contribution in [1.29, 1.82) is 0 Å². The first-order valence-corrected chi connectivity index (χ1v) is 24.4. The molecule has 8 bridgehead atoms. The molecule has 0 fully saturated rings. The number of benzene rings is 4. The Morgan fingerprint density at radius 1 is 0.456 bits per heavy atom. The molecular formula is C60H76N4O4. The fourth-order valence-corrected chi connectivity index (χ4v) is 8.95. The van der Waals surface area contributed by atoms with E-state index in [1.54, 1.807) is 0 Å². The van der Waals surface area contributed by atoms with Gasteiger partial charge in [-0.1, -0.05) is 132 Å². The molecule has 0 amide bonds. The number of aryl methyl sites for hydroxylation is 2. The summed E-state index contributed by atoms with van der Waals surface area (Å²) in [7, 11) is 4.02. The van der Waals surface area contributed by atoms with E-state index >= 15 is 0 Å². The Morgan fingerprint density at radius 3 is 0.956 bits per heavy atom. The lowest BCUT2D eigenvalue weighted by atomic mass is 9.79. The van der Waals surface area contributed by atoms with Crippen LogP contribution < -0.4 is 9.47 Å². The maximum absolute atomic E-state index is 12.7. The van der Waals surface area contributed by atoms with E-state index in [0.717, 1.165) is 89.6 Å². The van der Waals surface area contributed by atoms with Gasteiger partial charge in [0.15, 0.2) is 0 Å². The number of hydrogen-bond donors (Lipinski definition) is 2. The van der Waals surface area contributed by atoms with Gasteiger partial charge in [-0.2, -0.15) is 0 Å². The van der Waals surface area contributed by atoms with Crippen LogP contribution in [0.2, 0.25) is 0 Å². The Balaban J connectivity index is 1.46. The molecule has 2 heterocycles. The van der Waals surface area contributed by atoms with Crippen molar-refractivity contribution in [3.05, 3.63) is 163 Å². The maximum Gasteiger partial charge on any atom is 0.126 e. The van der Waals surface area contributed by atoms with Crippen molar-refractivity contribution >= 4 is 12.4 Å². The van der Waals surface area contributed by atoms with E-state index in [1.807, 2.05) is 72.3 Å². The Morgan fingerprint density at radius 2 is 0.721 bits per heavy atom. The fourth-order valence-electron chi connectivity index (χ4n) is 8.95. The fraction of sp³-hybridized carbons (Fsp3) is 0.433. The van der Waals surface area contributed by atoms with Gasteiger partial charge < -0.3 is 28.8 Å². The van der Waals surface area contributed by atoms with Crippen LogP contribution in [0.5, 0.6) is 23.0 Å². The highest BCUT2D eigenvalue weighted by molar-refractivity contribution is 5.78. The van der Waals surface area contributed by atoms with Crippen LogP contribution in [-0.4, -0.2) is 58.1 Å². The average molecular weight is 917 g/mol. The minimum absolute atomic E-state index is 0.195. The van der Waals surface area contributed by atoms with Crippen LogP contribution >= 0.6 is 0 Å². The summed E-state index contributed by atoms with van der Waals surface area (Å²) in [6.07, 6.45) is 9.57. The molecule has 8 nitrogen and oxygen atoms in total. The van der Waals surface area contributed by atoms with Crippen molar-refractivity contribution in [3.8, 4) is 23.0 Å². The highest BCUT2D eigenvalue weighted by Gasteiger charge is 2.28. The van der Waals surface area contributed by atoms with E-state index < -0.39 is 0 Å². The molecule has 0 aliphatic heterocycles. The number of nitrogens with zero attached hydrogens (tertiary/aromatic N) is 4. The molecule has 2 N–H and O–H groups in total. The molecule has 0 atom stereocenters. The Kier molecular flexibility index (Phi) is 14.3. The number of phenolic OH excluding ortho intramolecular Hbond substituents is 2. The summed E-state index contributed by atoms with van der Waals surface area (Å²) in [4.78, 5) is 9.51. The van der Waals surface area contributed by atoms with Crippen LogP contribution in [-0.2, 0) is 61.4 Å². The number of hydrogen-bond acceptors (Lipinski definition) is 6. The number of aromatic hydroxyl groups is 2. The smallest absolute Gasteiger partial charge is 0.126 e. The number of rotatable bonds is 10. The SMILES string of the molecule is Cn1cccc1C=NCCOc1c2cc(C(C)(C)C)cc1Cc1cc(C(C)(C)C)cc(c1O)Cc1cc(C(C)(C)C)cc(c1OCCN=Cc1cccn1C)Cc1cc(C(C)(C)C)cc(c1O)C2. The van der Waals surface area contributed by atoms with Gasteiger partial charge >= 0.3 is 0 Å². The second kappa shape index (κ2) is 19.5. The molecule has 0 saturated carbocycles. The first-order chi connectivity index (χ1) is 31.9. The molecule has 4 aromatic carbocycles. The summed E-state index contributed by atoms with van der Waals surface area (Å²) in [5.41, 5.74) is 13.2. The van der Waals surface area contributed by atoms with Crippen molar-refractivity contribution < 1.29 is 19.7 Å². The molecule has 8 heteroatoms. The number of aliphatic imine (C=N–C) groups is 2. The van der Waals surface area contributed by atoms with Gasteiger partial charge in [0, 0.05) is 64.6 Å². The van der Waals surface area contributed by atoms with E-state index in [2.05, 4.69) is 132 Å². The zero-order valence-electron chi connectivity index (χ0n) is 43.4. The van der Waals surface area contributed by atoms with E-state index in [-0.39, 0.29) is 33.2 Å². The third kappa shape index (κ3) is 11.6. The van der Waals surface area contributed by atoms with Gasteiger partial charge in [0.05, 0.1) is 24.5 Å². The number of phenols is 2. The first kappa shape index (κ1) is 49.9. The summed E-state index contributed by atoms with van der Waals surface area (Å²) in [5, 5.41) is 25.3. The molecular weight excluding hydrogens is 841 g/mol. The molecule has 0 spiro atoms. The molecule has 360 valence electrons. The average Bonchev–Trinajstić information content (AvgIpc) is 3.85. The lowest BCUT2D eigenvalue weighted by molar-refractivity contribution is 0.322. The standard InChI is InChI=1S/C60H76N4O4/c1-57(2,3)47-29-39-25-43-33-49(59(7,8)9)35-45(55(43)67-23-19-61-37-51-17-15-21-63(51)13)27-41-31-48(58(4,5)6)32-42(54(41)66)28-46-36-50(60(10,11)12)34-44(26-40(30-47)53(39)65)56(46)68-24-20-62-38-52-18-16-22-64(52)14/h15-18,21-22,29-38,65-66H,19-20,23-28H2,1-14H3. The summed E-state index contributed by atoms with van der Waals surface area (Å²) >= 11 is 0. The van der Waals surface area contributed by atoms with Gasteiger partial charge in [-0.3, -0.25) is 9.98 Å². The maximum atomic E-state index is 12.7. The highest BCUT2D eigenvalue weighted by atomic mass is 16.5. The van der Waals surface area contributed by atoms with Crippen LogP contribution in [0, 0.1) is 0 Å². The van der Waals surface area contributed by atoms with Gasteiger partial charge in [0.25, 0.3) is 0 Å². The molecule has 0 unspecified atom stereocenters. The lowest BCUT2D eigenvalue weighted by Crippen LogP contribution is -2.17. The van der Waals surface area contributed by atoms with Crippen molar-refractivity contribution in [3.63, 3.8) is 0 Å². The monoisotopic (exact) mass is 917 g/mol. The summed E-state index contributed by atoms with van der Waals surface area (Å²) in [5.74, 6) is 2.11. The van der Waals surface area contributed by atoms with Gasteiger partial charge in [0.1, 0.15) is 36.2 Å². The van der Waals surface area contributed by atoms with Crippen molar-refractivity contribution in [2.75, 3.05) is 26.3 Å². The molecule has 2 aromatic heterocycles. The Hall–Kier alpha value is -6.02. The van der Waals surface area contributed by atoms with Gasteiger partial charge in [-0.05, 0) is 113 Å². The minimum Gasteiger partial charge on any atom is -0.507 e. The highest BCUT2D eigenvalue weighted by Crippen LogP contribution is 2.44. The van der Waals surface area contributed by atoms with Crippen LogP contribution in [0.25, 0.3) is 0 Å². The summed E-state index contributed by atoms with van der Waals surface area (Å²) < 4.78 is 17.9. The van der Waals surface area contributed by atoms with Gasteiger partial charge in [0.2, 0.25) is 0 Å². The van der Waals surface area contributed by atoms with Crippen molar-refractivity contribution in [2.45, 2.75) is 130 Å². The molecule has 68 heavy (non-hydrogen) atoms. The van der Waals surface area contributed by atoms with Crippen molar-refractivity contribution in [2.24, 2.45) is 24.1 Å². The molecule has 0 saturated heterocycles. The predicted octanol–water partition coefficient (Wildman–Crippen LogP) is 12.6. The van der Waals surface area contributed by atoms with Crippen LogP contribution in [0.15, 0.2) is 95.2 Å². The molecule has 1 aliphatic carbocycles. The quantitative estimate of drug-likeness (QED) is 0.106. The zero-order chi connectivity index (χ0) is 49.3.